The molecule has 1 saturated heterocycles. The second-order valence-corrected chi connectivity index (χ2v) is 8.00. The van der Waals surface area contributed by atoms with Gasteiger partial charge in [-0.1, -0.05) is 12.8 Å². The van der Waals surface area contributed by atoms with Crippen LogP contribution in [-0.2, 0) is 9.53 Å². The van der Waals surface area contributed by atoms with Crippen LogP contribution in [-0.4, -0.2) is 38.6 Å². The van der Waals surface area contributed by atoms with Gasteiger partial charge in [0, 0.05) is 5.41 Å². The van der Waals surface area contributed by atoms with Gasteiger partial charge in [-0.05, 0) is 49.9 Å². The predicted molar refractivity (Wildman–Crippen MR) is 76.6 cm³/mol. The van der Waals surface area contributed by atoms with Gasteiger partial charge in [-0.25, -0.2) is 0 Å². The zero-order valence-corrected chi connectivity index (χ0v) is 12.5. The van der Waals surface area contributed by atoms with E-state index in [-0.39, 0.29) is 5.41 Å². The third-order valence-electron chi connectivity index (χ3n) is 6.56. The number of ketones is 1. The number of carbonyl (C=O) groups is 1. The third-order valence-corrected chi connectivity index (χ3v) is 6.56. The topological polar surface area (TPSA) is 30.7 Å². The lowest BCUT2D eigenvalue weighted by atomic mass is 9.57. The van der Waals surface area contributed by atoms with Crippen LogP contribution in [0.15, 0.2) is 0 Å². The minimum atomic E-state index is 0.0955. The van der Waals surface area contributed by atoms with Crippen molar-refractivity contribution in [3.8, 4) is 0 Å². The molecule has 0 radical (unpaired) electrons. The Morgan fingerprint density at radius 2 is 1.60 bits per heavy atom. The smallest absolute Gasteiger partial charge is 0.192 e. The Bertz CT molecular complexity index is 372. The summed E-state index contributed by atoms with van der Waals surface area (Å²) in [6, 6.07) is 0. The van der Waals surface area contributed by atoms with Gasteiger partial charge >= 0.3 is 0 Å². The Labute approximate surface area is 122 Å². The Hall–Kier alpha value is -0.410. The van der Waals surface area contributed by atoms with Gasteiger partial charge in [-0.2, -0.15) is 0 Å². The Kier molecular flexibility index (Phi) is 3.38. The number of morpholine rings is 1. The van der Waals surface area contributed by atoms with E-state index in [1.165, 1.54) is 49.8 Å². The molecule has 4 bridgehead atoms. The number of Topliss-reactive ketones (excluding diaryl/α,β-unsaturated/α-hetero) is 1. The van der Waals surface area contributed by atoms with Crippen molar-refractivity contribution in [1.29, 1.82) is 0 Å². The lowest BCUT2D eigenvalue weighted by Gasteiger charge is -2.47. The van der Waals surface area contributed by atoms with E-state index in [2.05, 4.69) is 0 Å². The zero-order valence-electron chi connectivity index (χ0n) is 12.5. The van der Waals surface area contributed by atoms with Crippen molar-refractivity contribution in [2.45, 2.75) is 44.9 Å². The quantitative estimate of drug-likeness (QED) is 0.837. The standard InChI is InChI=1S/C17H27NO2/c19-16(12-18-3-5-20-6-4-18)17-9-13-1-2-14(10-17)8-15(7-13)11-17/h13-15H,1-12H2/p+1/t13-,14+,15?,17?. The first-order valence-electron chi connectivity index (χ1n) is 8.68. The zero-order chi connectivity index (χ0) is 13.6. The number of hydrogen-bond acceptors (Lipinski definition) is 2. The average Bonchev–Trinajstić information content (AvgIpc) is 2.66. The summed E-state index contributed by atoms with van der Waals surface area (Å²) in [6.07, 6.45) is 9.33. The number of nitrogens with one attached hydrogen (secondary N) is 1. The van der Waals surface area contributed by atoms with E-state index in [9.17, 15) is 4.79 Å². The van der Waals surface area contributed by atoms with Gasteiger partial charge in [0.1, 0.15) is 19.6 Å². The molecule has 1 heterocycles. The van der Waals surface area contributed by atoms with Gasteiger partial charge in [0.2, 0.25) is 0 Å². The number of rotatable bonds is 3. The van der Waals surface area contributed by atoms with Crippen molar-refractivity contribution < 1.29 is 14.4 Å². The maximum absolute atomic E-state index is 13.1. The maximum atomic E-state index is 13.1. The molecular formula is C17H28NO2+. The summed E-state index contributed by atoms with van der Waals surface area (Å²) >= 11 is 0. The summed E-state index contributed by atoms with van der Waals surface area (Å²) in [4.78, 5) is 14.5. The fraction of sp³-hybridized carbons (Fsp3) is 0.941. The van der Waals surface area contributed by atoms with E-state index < -0.39 is 0 Å². The van der Waals surface area contributed by atoms with E-state index in [0.29, 0.717) is 5.78 Å². The van der Waals surface area contributed by atoms with Crippen molar-refractivity contribution in [2.24, 2.45) is 23.2 Å². The summed E-state index contributed by atoms with van der Waals surface area (Å²) in [7, 11) is 0. The summed E-state index contributed by atoms with van der Waals surface area (Å²) < 4.78 is 5.42. The lowest BCUT2D eigenvalue weighted by molar-refractivity contribution is -0.900. The molecule has 0 aromatic rings. The predicted octanol–water partition coefficient (Wildman–Crippen LogP) is 1.08. The lowest BCUT2D eigenvalue weighted by Crippen LogP contribution is -3.15. The highest BCUT2D eigenvalue weighted by molar-refractivity contribution is 5.86. The summed E-state index contributed by atoms with van der Waals surface area (Å²) in [5, 5.41) is 0. The second-order valence-electron chi connectivity index (χ2n) is 8.00. The van der Waals surface area contributed by atoms with Crippen LogP contribution in [0.3, 0.4) is 0 Å². The number of ether oxygens (including phenoxy) is 1. The first kappa shape index (κ1) is 13.3. The largest absolute Gasteiger partial charge is 0.370 e. The molecule has 20 heavy (non-hydrogen) atoms. The van der Waals surface area contributed by atoms with Crippen molar-refractivity contribution >= 4 is 5.78 Å². The average molecular weight is 278 g/mol. The minimum absolute atomic E-state index is 0.0955. The molecule has 5 aliphatic rings. The van der Waals surface area contributed by atoms with E-state index in [4.69, 9.17) is 4.74 Å². The minimum Gasteiger partial charge on any atom is -0.370 e. The fourth-order valence-corrected chi connectivity index (χ4v) is 5.78. The van der Waals surface area contributed by atoms with Gasteiger partial charge in [0.05, 0.1) is 13.2 Å². The molecular weight excluding hydrogens is 250 g/mol. The summed E-state index contributed by atoms with van der Waals surface area (Å²) in [6.45, 7) is 4.50. The molecule has 1 N–H and O–H groups in total. The number of fused-ring (bicyclic) bond motifs is 1. The third kappa shape index (κ3) is 2.33. The molecule has 4 saturated carbocycles. The molecule has 0 amide bonds. The molecule has 4 atom stereocenters. The van der Waals surface area contributed by atoms with E-state index in [0.717, 1.165) is 50.6 Å². The van der Waals surface area contributed by atoms with Gasteiger partial charge < -0.3 is 9.64 Å². The normalized spacial score (nSPS) is 44.5. The second kappa shape index (κ2) is 5.10. The van der Waals surface area contributed by atoms with Crippen LogP contribution in [0.25, 0.3) is 0 Å². The number of quaternary nitrogens is 1. The van der Waals surface area contributed by atoms with Crippen LogP contribution >= 0.6 is 0 Å². The first-order valence-corrected chi connectivity index (χ1v) is 8.68. The maximum Gasteiger partial charge on any atom is 0.192 e. The monoisotopic (exact) mass is 278 g/mol. The molecule has 2 unspecified atom stereocenters. The molecule has 112 valence electrons. The first-order chi connectivity index (χ1) is 9.73. The molecule has 5 fully saturated rings. The van der Waals surface area contributed by atoms with Crippen LogP contribution < -0.4 is 4.90 Å². The molecule has 0 spiro atoms. The van der Waals surface area contributed by atoms with Crippen molar-refractivity contribution in [3.05, 3.63) is 0 Å². The van der Waals surface area contributed by atoms with Crippen LogP contribution in [0.5, 0.6) is 0 Å². The van der Waals surface area contributed by atoms with Crippen LogP contribution in [0.1, 0.15) is 44.9 Å². The molecule has 4 aliphatic carbocycles. The highest BCUT2D eigenvalue weighted by Crippen LogP contribution is 2.57. The fourth-order valence-electron chi connectivity index (χ4n) is 5.78. The van der Waals surface area contributed by atoms with Gasteiger partial charge in [-0.3, -0.25) is 4.79 Å². The number of hydrogen-bond donors (Lipinski definition) is 1. The molecule has 3 nitrogen and oxygen atoms in total. The summed E-state index contributed by atoms with van der Waals surface area (Å²) in [5.41, 5.74) is 0.0955. The van der Waals surface area contributed by atoms with Crippen molar-refractivity contribution in [3.63, 3.8) is 0 Å². The highest BCUT2D eigenvalue weighted by Gasteiger charge is 2.52. The van der Waals surface area contributed by atoms with Gasteiger partial charge in [0.25, 0.3) is 0 Å². The van der Waals surface area contributed by atoms with Crippen molar-refractivity contribution in [2.75, 3.05) is 32.8 Å². The highest BCUT2D eigenvalue weighted by atomic mass is 16.5. The van der Waals surface area contributed by atoms with Crippen molar-refractivity contribution in [1.82, 2.24) is 0 Å². The van der Waals surface area contributed by atoms with E-state index in [1.807, 2.05) is 0 Å². The molecule has 0 aromatic carbocycles. The Morgan fingerprint density at radius 3 is 2.25 bits per heavy atom. The van der Waals surface area contributed by atoms with E-state index >= 15 is 0 Å². The van der Waals surface area contributed by atoms with Crippen LogP contribution in [0, 0.1) is 23.2 Å². The molecule has 3 heteroatoms. The summed E-state index contributed by atoms with van der Waals surface area (Å²) in [5.74, 6) is 3.21. The molecule has 5 rings (SSSR count). The SMILES string of the molecule is O=C(C[NH+]1CCOCC1)C12CC3C[C@@H](CC[C@@H](C3)C1)C2. The Balaban J connectivity index is 1.49. The van der Waals surface area contributed by atoms with Gasteiger partial charge in [0.15, 0.2) is 5.78 Å². The van der Waals surface area contributed by atoms with Crippen LogP contribution in [0.4, 0.5) is 0 Å². The molecule has 1 aliphatic heterocycles. The van der Waals surface area contributed by atoms with Crippen LogP contribution in [0.2, 0.25) is 0 Å². The van der Waals surface area contributed by atoms with E-state index in [1.54, 1.807) is 0 Å². The number of carbonyl (C=O) groups excluding carboxylic acids is 1. The molecule has 0 aromatic heterocycles. The Morgan fingerprint density at radius 1 is 1.00 bits per heavy atom. The van der Waals surface area contributed by atoms with Gasteiger partial charge in [-0.15, -0.1) is 0 Å².